The number of hydrogen-bond acceptors (Lipinski definition) is 3. The fraction of sp³-hybridized carbons (Fsp3) is 0. The first-order valence-electron chi connectivity index (χ1n) is 5.37. The molecular weight excluding hydrogens is 256 g/mol. The number of benzene rings is 2. The van der Waals surface area contributed by atoms with E-state index in [0.29, 0.717) is 5.39 Å². The van der Waals surface area contributed by atoms with E-state index < -0.39 is 11.4 Å². The molecule has 6 heteroatoms. The summed E-state index contributed by atoms with van der Waals surface area (Å²) < 4.78 is 26.0. The lowest BCUT2D eigenvalue weighted by atomic mass is 10.1. The van der Waals surface area contributed by atoms with Gasteiger partial charge in [0.2, 0.25) is 0 Å². The van der Waals surface area contributed by atoms with Crippen molar-refractivity contribution < 1.29 is 19.0 Å². The third-order valence-corrected chi connectivity index (χ3v) is 2.92. The number of hydrogen-bond donors (Lipinski definition) is 2. The fourth-order valence-electron chi connectivity index (χ4n) is 2.13. The van der Waals surface area contributed by atoms with Crippen LogP contribution in [0.1, 0.15) is 0 Å². The van der Waals surface area contributed by atoms with Gasteiger partial charge < -0.3 is 10.1 Å². The Labute approximate surface area is 104 Å². The van der Waals surface area contributed by atoms with Gasteiger partial charge in [-0.1, -0.05) is 0 Å². The summed E-state index contributed by atoms with van der Waals surface area (Å²) in [5, 5.41) is 9.90. The number of halogens is 2. The van der Waals surface area contributed by atoms with Crippen LogP contribution in [0.4, 0.5) is 8.92 Å². The van der Waals surface area contributed by atoms with Gasteiger partial charge in [0.1, 0.15) is 11.6 Å². The molecule has 1 aromatic heterocycles. The van der Waals surface area contributed by atoms with Crippen LogP contribution >= 0.6 is 0 Å². The Morgan fingerprint density at radius 3 is 2.68 bits per heavy atom. The summed E-state index contributed by atoms with van der Waals surface area (Å²) >= 11 is 0. The van der Waals surface area contributed by atoms with Gasteiger partial charge in [-0.15, -0.1) is 0 Å². The number of fused-ring (bicyclic) bond motifs is 3. The molecule has 0 amide bonds. The predicted octanol–water partition coefficient (Wildman–Crippen LogP) is 2.79. The summed E-state index contributed by atoms with van der Waals surface area (Å²) in [6, 6.07) is 6.05. The van der Waals surface area contributed by atoms with Crippen LogP contribution in [0.3, 0.4) is 0 Å². The number of pyridine rings is 1. The van der Waals surface area contributed by atoms with Crippen molar-refractivity contribution in [2.24, 2.45) is 0 Å². The van der Waals surface area contributed by atoms with E-state index in [-0.39, 0.29) is 27.8 Å². The van der Waals surface area contributed by atoms with E-state index >= 15 is 0 Å². The molecule has 2 aromatic carbocycles. The quantitative estimate of drug-likeness (QED) is 0.663. The van der Waals surface area contributed by atoms with Crippen molar-refractivity contribution in [3.8, 4) is 11.5 Å². The highest BCUT2D eigenvalue weighted by Gasteiger charge is 2.12. The predicted molar refractivity (Wildman–Crippen MR) is 65.4 cm³/mol. The van der Waals surface area contributed by atoms with E-state index in [4.69, 9.17) is 0 Å². The highest BCUT2D eigenvalue weighted by Crippen LogP contribution is 2.29. The van der Waals surface area contributed by atoms with Crippen molar-refractivity contribution in [2.45, 2.75) is 0 Å². The van der Waals surface area contributed by atoms with Crippen molar-refractivity contribution in [1.82, 2.24) is 4.98 Å². The second kappa shape index (κ2) is 3.94. The molecule has 0 spiro atoms. The normalized spacial score (nSPS) is 11.1. The molecule has 3 rings (SSSR count). The first kappa shape index (κ1) is 11.5. The van der Waals surface area contributed by atoms with Crippen LogP contribution in [0.15, 0.2) is 35.1 Å². The Morgan fingerprint density at radius 2 is 1.95 bits per heavy atom. The van der Waals surface area contributed by atoms with Crippen molar-refractivity contribution in [3.05, 3.63) is 46.5 Å². The molecule has 0 radical (unpaired) electrons. The zero-order valence-corrected chi connectivity index (χ0v) is 9.41. The van der Waals surface area contributed by atoms with E-state index in [1.807, 2.05) is 0 Å². The smallest absolute Gasteiger partial charge is 0.256 e. The summed E-state index contributed by atoms with van der Waals surface area (Å²) in [5.41, 5.74) is -0.352. The Hall–Kier alpha value is -2.63. The average Bonchev–Trinajstić information content (AvgIpc) is 2.37. The average molecular weight is 263 g/mol. The molecule has 0 bridgehead atoms. The van der Waals surface area contributed by atoms with Gasteiger partial charge in [0.25, 0.3) is 5.56 Å². The fourth-order valence-corrected chi connectivity index (χ4v) is 2.13. The molecule has 0 aliphatic rings. The van der Waals surface area contributed by atoms with E-state index in [2.05, 4.69) is 9.93 Å². The Balaban J connectivity index is 2.56. The zero-order valence-electron chi connectivity index (χ0n) is 9.41. The van der Waals surface area contributed by atoms with Gasteiger partial charge in [-0.25, -0.2) is 4.39 Å². The highest BCUT2D eigenvalue weighted by atomic mass is 19.3. The van der Waals surface area contributed by atoms with Crippen LogP contribution in [0.5, 0.6) is 11.5 Å². The topological polar surface area (TPSA) is 62.3 Å². The second-order valence-electron chi connectivity index (χ2n) is 4.09. The van der Waals surface area contributed by atoms with Crippen molar-refractivity contribution >= 4 is 21.7 Å². The van der Waals surface area contributed by atoms with E-state index in [9.17, 15) is 18.8 Å². The molecule has 1 heterocycles. The molecular formula is C13H7F2NO3. The van der Waals surface area contributed by atoms with Gasteiger partial charge in [-0.3, -0.25) is 9.74 Å². The monoisotopic (exact) mass is 263 g/mol. The van der Waals surface area contributed by atoms with E-state index in [1.54, 1.807) is 0 Å². The minimum Gasteiger partial charge on any atom is -0.508 e. The van der Waals surface area contributed by atoms with Gasteiger partial charge in [-0.2, -0.15) is 0 Å². The van der Waals surface area contributed by atoms with Crippen LogP contribution in [0.2, 0.25) is 0 Å². The SMILES string of the molecule is O=c1[nH]c2cc(O)cc(F)c2c2ccc(OF)cc12. The Kier molecular flexibility index (Phi) is 2.38. The van der Waals surface area contributed by atoms with Gasteiger partial charge in [0, 0.05) is 22.0 Å². The summed E-state index contributed by atoms with van der Waals surface area (Å²) in [6.07, 6.45) is 0. The lowest BCUT2D eigenvalue weighted by Crippen LogP contribution is -2.07. The van der Waals surface area contributed by atoms with Crippen molar-refractivity contribution in [1.29, 1.82) is 0 Å². The molecule has 4 nitrogen and oxygen atoms in total. The van der Waals surface area contributed by atoms with Gasteiger partial charge in [0.15, 0.2) is 5.75 Å². The zero-order chi connectivity index (χ0) is 13.6. The van der Waals surface area contributed by atoms with Crippen LogP contribution in [-0.2, 0) is 0 Å². The number of phenols is 1. The summed E-state index contributed by atoms with van der Waals surface area (Å²) in [4.78, 5) is 17.8. The number of nitrogens with one attached hydrogen (secondary N) is 1. The van der Waals surface area contributed by atoms with Crippen molar-refractivity contribution in [3.63, 3.8) is 0 Å². The number of rotatable bonds is 1. The minimum atomic E-state index is -0.676. The maximum atomic E-state index is 13.9. The van der Waals surface area contributed by atoms with Gasteiger partial charge >= 0.3 is 0 Å². The molecule has 0 aliphatic heterocycles. The third kappa shape index (κ3) is 1.69. The first-order chi connectivity index (χ1) is 9.10. The first-order valence-corrected chi connectivity index (χ1v) is 5.37. The standard InChI is InChI=1S/C13H7F2NO3/c14-10-3-6(17)4-11-12(10)8-2-1-7(19-15)5-9(8)13(18)16-11/h1-5,17H,(H,16,18). The molecule has 0 aliphatic carbocycles. The Morgan fingerprint density at radius 1 is 1.16 bits per heavy atom. The summed E-state index contributed by atoms with van der Waals surface area (Å²) in [7, 11) is 0. The van der Waals surface area contributed by atoms with Gasteiger partial charge in [-0.05, 0) is 23.6 Å². The maximum Gasteiger partial charge on any atom is 0.256 e. The molecule has 2 N–H and O–H groups in total. The van der Waals surface area contributed by atoms with E-state index in [1.165, 1.54) is 24.3 Å². The molecule has 0 saturated heterocycles. The maximum absolute atomic E-state index is 13.9. The third-order valence-electron chi connectivity index (χ3n) is 2.92. The molecule has 0 unspecified atom stereocenters. The van der Waals surface area contributed by atoms with Crippen LogP contribution in [0.25, 0.3) is 21.7 Å². The van der Waals surface area contributed by atoms with Crippen LogP contribution < -0.4 is 10.5 Å². The van der Waals surface area contributed by atoms with Crippen molar-refractivity contribution in [2.75, 3.05) is 0 Å². The summed E-state index contributed by atoms with van der Waals surface area (Å²) in [5.74, 6) is -1.11. The highest BCUT2D eigenvalue weighted by molar-refractivity contribution is 6.06. The van der Waals surface area contributed by atoms with E-state index in [0.717, 1.165) is 6.07 Å². The number of aromatic nitrogens is 1. The minimum absolute atomic E-state index is 0.104. The molecule has 0 fully saturated rings. The second-order valence-corrected chi connectivity index (χ2v) is 4.09. The molecule has 0 atom stereocenters. The van der Waals surface area contributed by atoms with Gasteiger partial charge in [0.05, 0.1) is 10.9 Å². The number of aromatic hydroxyl groups is 1. The molecule has 19 heavy (non-hydrogen) atoms. The van der Waals surface area contributed by atoms with Crippen LogP contribution in [-0.4, -0.2) is 10.1 Å². The van der Waals surface area contributed by atoms with Crippen LogP contribution in [0, 0.1) is 5.82 Å². The Bertz CT molecular complexity index is 858. The molecule has 96 valence electrons. The lowest BCUT2D eigenvalue weighted by Gasteiger charge is -2.06. The largest absolute Gasteiger partial charge is 0.508 e. The number of phenolic OH excluding ortho intramolecular Hbond substituents is 1. The number of H-pyrrole nitrogens is 1. The number of aromatic amines is 1. The summed E-state index contributed by atoms with van der Waals surface area (Å²) in [6.45, 7) is 0. The molecule has 3 aromatic rings. The molecule has 0 saturated carbocycles. The lowest BCUT2D eigenvalue weighted by molar-refractivity contribution is -0.00603.